The van der Waals surface area contributed by atoms with E-state index in [1.54, 1.807) is 33.9 Å². The van der Waals surface area contributed by atoms with Gasteiger partial charge in [0.25, 0.3) is 5.69 Å². The van der Waals surface area contributed by atoms with Crippen LogP contribution in [0.3, 0.4) is 0 Å². The van der Waals surface area contributed by atoms with Crippen molar-refractivity contribution in [3.63, 3.8) is 0 Å². The number of nitro benzene ring substituents is 1. The van der Waals surface area contributed by atoms with Crippen LogP contribution in [-0.4, -0.2) is 23.5 Å². The van der Waals surface area contributed by atoms with Gasteiger partial charge in [0.2, 0.25) is 0 Å². The second-order valence-electron chi connectivity index (χ2n) is 5.56. The molecule has 0 aliphatic carbocycles. The zero-order chi connectivity index (χ0) is 16.2. The van der Waals surface area contributed by atoms with Crippen LogP contribution < -0.4 is 11.1 Å². The second-order valence-corrected chi connectivity index (χ2v) is 5.56. The summed E-state index contributed by atoms with van der Waals surface area (Å²) in [6, 6.07) is 2.95. The van der Waals surface area contributed by atoms with Gasteiger partial charge in [-0.25, -0.2) is 0 Å². The topological polar surface area (TPSA) is 107 Å². The molecule has 0 amide bonds. The Morgan fingerprint density at radius 3 is 2.43 bits per heavy atom. The van der Waals surface area contributed by atoms with E-state index in [0.717, 1.165) is 0 Å². The number of esters is 1. The minimum Gasteiger partial charge on any atom is -0.460 e. The van der Waals surface area contributed by atoms with E-state index in [2.05, 4.69) is 5.32 Å². The lowest BCUT2D eigenvalue weighted by molar-refractivity contribution is -0.385. The Balaban J connectivity index is 3.24. The Morgan fingerprint density at radius 1 is 1.38 bits per heavy atom. The van der Waals surface area contributed by atoms with Crippen LogP contribution in [0.5, 0.6) is 0 Å². The largest absolute Gasteiger partial charge is 0.460 e. The van der Waals surface area contributed by atoms with Crippen LogP contribution in [-0.2, 0) is 22.5 Å². The number of rotatable bonds is 5. The van der Waals surface area contributed by atoms with E-state index in [9.17, 15) is 14.9 Å². The molecule has 0 fully saturated rings. The Labute approximate surface area is 123 Å². The highest BCUT2D eigenvalue weighted by atomic mass is 16.6. The van der Waals surface area contributed by atoms with Crippen molar-refractivity contribution in [1.82, 2.24) is 0 Å². The summed E-state index contributed by atoms with van der Waals surface area (Å²) in [7, 11) is 1.69. The summed E-state index contributed by atoms with van der Waals surface area (Å²) >= 11 is 0. The SMILES string of the molecule is CNc1ccc([N+](=O)[O-])c(CC(=O)OC(C)(C)C)c1CN. The maximum atomic E-state index is 12.0. The summed E-state index contributed by atoms with van der Waals surface area (Å²) in [5, 5.41) is 14.1. The number of benzene rings is 1. The second kappa shape index (κ2) is 6.53. The molecule has 0 aliphatic heterocycles. The van der Waals surface area contributed by atoms with Gasteiger partial charge in [0.15, 0.2) is 0 Å². The Hall–Kier alpha value is -2.15. The lowest BCUT2D eigenvalue weighted by atomic mass is 10.00. The highest BCUT2D eigenvalue weighted by molar-refractivity contribution is 5.77. The fourth-order valence-electron chi connectivity index (χ4n) is 2.04. The number of carbonyl (C=O) groups excluding carboxylic acids is 1. The summed E-state index contributed by atoms with van der Waals surface area (Å²) in [5.74, 6) is -0.520. The molecule has 1 aromatic rings. The first-order chi connectivity index (χ1) is 9.69. The average molecular weight is 295 g/mol. The zero-order valence-electron chi connectivity index (χ0n) is 12.7. The van der Waals surface area contributed by atoms with Gasteiger partial charge in [-0.1, -0.05) is 0 Å². The van der Waals surface area contributed by atoms with Crippen molar-refractivity contribution in [1.29, 1.82) is 0 Å². The van der Waals surface area contributed by atoms with Gasteiger partial charge < -0.3 is 15.8 Å². The summed E-state index contributed by atoms with van der Waals surface area (Å²) < 4.78 is 5.23. The Morgan fingerprint density at radius 2 is 2.00 bits per heavy atom. The van der Waals surface area contributed by atoms with Gasteiger partial charge in [-0.2, -0.15) is 0 Å². The molecule has 21 heavy (non-hydrogen) atoms. The normalized spacial score (nSPS) is 11.1. The van der Waals surface area contributed by atoms with Crippen LogP contribution in [0.1, 0.15) is 31.9 Å². The van der Waals surface area contributed by atoms with Crippen molar-refractivity contribution in [3.05, 3.63) is 33.4 Å². The summed E-state index contributed by atoms with van der Waals surface area (Å²) in [4.78, 5) is 22.6. The molecule has 7 nitrogen and oxygen atoms in total. The van der Waals surface area contributed by atoms with E-state index in [-0.39, 0.29) is 18.7 Å². The highest BCUT2D eigenvalue weighted by Crippen LogP contribution is 2.29. The molecule has 0 radical (unpaired) electrons. The number of nitro groups is 1. The van der Waals surface area contributed by atoms with Crippen LogP contribution in [0, 0.1) is 10.1 Å². The van der Waals surface area contributed by atoms with Crippen LogP contribution in [0.15, 0.2) is 12.1 Å². The van der Waals surface area contributed by atoms with Gasteiger partial charge >= 0.3 is 5.97 Å². The van der Waals surface area contributed by atoms with Crippen LogP contribution in [0.4, 0.5) is 11.4 Å². The molecule has 7 heteroatoms. The van der Waals surface area contributed by atoms with Gasteiger partial charge in [0.05, 0.1) is 11.3 Å². The van der Waals surface area contributed by atoms with Crippen LogP contribution in [0.2, 0.25) is 0 Å². The van der Waals surface area contributed by atoms with Crippen molar-refractivity contribution in [3.8, 4) is 0 Å². The molecule has 0 atom stereocenters. The predicted octanol–water partition coefficient (Wildman–Crippen LogP) is 1.98. The smallest absolute Gasteiger partial charge is 0.311 e. The predicted molar refractivity (Wildman–Crippen MR) is 80.1 cm³/mol. The van der Waals surface area contributed by atoms with Gasteiger partial charge in [-0.3, -0.25) is 14.9 Å². The number of nitrogens with one attached hydrogen (secondary N) is 1. The van der Waals surface area contributed by atoms with E-state index in [1.165, 1.54) is 6.07 Å². The van der Waals surface area contributed by atoms with Gasteiger partial charge in [-0.05, 0) is 32.4 Å². The molecule has 116 valence electrons. The molecule has 1 aromatic carbocycles. The van der Waals surface area contributed by atoms with E-state index >= 15 is 0 Å². The molecule has 0 saturated carbocycles. The number of carbonyl (C=O) groups is 1. The van der Waals surface area contributed by atoms with Crippen LogP contribution in [0.25, 0.3) is 0 Å². The third-order valence-electron chi connectivity index (χ3n) is 2.82. The molecule has 0 aromatic heterocycles. The number of nitrogens with zero attached hydrogens (tertiary/aromatic N) is 1. The van der Waals surface area contributed by atoms with Crippen molar-refractivity contribution < 1.29 is 14.5 Å². The minimum atomic E-state index is -0.643. The molecular weight excluding hydrogens is 274 g/mol. The molecule has 0 spiro atoms. The Kier molecular flexibility index (Phi) is 5.26. The average Bonchev–Trinajstić information content (AvgIpc) is 2.35. The number of ether oxygens (including phenoxy) is 1. The standard InChI is InChI=1S/C14H21N3O4/c1-14(2,3)21-13(18)7-9-10(8-15)11(16-4)5-6-12(9)17(19)20/h5-6,16H,7-8,15H2,1-4H3. The molecule has 3 N–H and O–H groups in total. The molecule has 0 bridgehead atoms. The maximum absolute atomic E-state index is 12.0. The molecule has 0 aliphatic rings. The quantitative estimate of drug-likeness (QED) is 0.488. The van der Waals surface area contributed by atoms with Gasteiger partial charge in [0, 0.05) is 30.9 Å². The van der Waals surface area contributed by atoms with E-state index in [0.29, 0.717) is 16.8 Å². The number of hydrogen-bond acceptors (Lipinski definition) is 6. The molecule has 0 unspecified atom stereocenters. The van der Waals surface area contributed by atoms with Gasteiger partial charge in [-0.15, -0.1) is 0 Å². The minimum absolute atomic E-state index is 0.0932. The summed E-state index contributed by atoms with van der Waals surface area (Å²) in [6.07, 6.45) is -0.185. The fourth-order valence-corrected chi connectivity index (χ4v) is 2.04. The van der Waals surface area contributed by atoms with Gasteiger partial charge in [0.1, 0.15) is 5.60 Å². The fraction of sp³-hybridized carbons (Fsp3) is 0.500. The van der Waals surface area contributed by atoms with Crippen molar-refractivity contribution in [2.75, 3.05) is 12.4 Å². The maximum Gasteiger partial charge on any atom is 0.311 e. The number of nitrogens with two attached hydrogens (primary N) is 1. The third kappa shape index (κ3) is 4.42. The summed E-state index contributed by atoms with van der Waals surface area (Å²) in [6.45, 7) is 5.32. The molecule has 1 rings (SSSR count). The first-order valence-electron chi connectivity index (χ1n) is 6.58. The summed E-state index contributed by atoms with van der Waals surface area (Å²) in [5.41, 5.74) is 6.43. The monoisotopic (exact) mass is 295 g/mol. The lowest BCUT2D eigenvalue weighted by Crippen LogP contribution is -2.25. The highest BCUT2D eigenvalue weighted by Gasteiger charge is 2.24. The first kappa shape index (κ1) is 16.9. The number of anilines is 1. The van der Waals surface area contributed by atoms with Crippen molar-refractivity contribution in [2.24, 2.45) is 5.73 Å². The van der Waals surface area contributed by atoms with E-state index in [4.69, 9.17) is 10.5 Å². The zero-order valence-corrected chi connectivity index (χ0v) is 12.7. The molecule has 0 heterocycles. The van der Waals surface area contributed by atoms with Crippen molar-refractivity contribution in [2.45, 2.75) is 39.3 Å². The van der Waals surface area contributed by atoms with E-state index in [1.807, 2.05) is 0 Å². The number of hydrogen-bond donors (Lipinski definition) is 2. The van der Waals surface area contributed by atoms with E-state index < -0.39 is 16.5 Å². The Bertz CT molecular complexity index is 550. The lowest BCUT2D eigenvalue weighted by Gasteiger charge is -2.20. The molecule has 0 saturated heterocycles. The molecular formula is C14H21N3O4. The van der Waals surface area contributed by atoms with Crippen LogP contribution >= 0.6 is 0 Å². The van der Waals surface area contributed by atoms with Crippen molar-refractivity contribution >= 4 is 17.3 Å². The first-order valence-corrected chi connectivity index (χ1v) is 6.58. The third-order valence-corrected chi connectivity index (χ3v) is 2.82.